The molecule has 28 heavy (non-hydrogen) atoms. The third-order valence-corrected chi connectivity index (χ3v) is 6.53. The number of hydrogen-bond acceptors (Lipinski definition) is 4. The van der Waals surface area contributed by atoms with Crippen LogP contribution in [0.5, 0.6) is 11.5 Å². The first-order chi connectivity index (χ1) is 13.0. The predicted molar refractivity (Wildman–Crippen MR) is 106 cm³/mol. The van der Waals surface area contributed by atoms with Crippen LogP contribution in [-0.2, 0) is 11.8 Å². The Kier molecular flexibility index (Phi) is 7.35. The van der Waals surface area contributed by atoms with Gasteiger partial charge in [0, 0.05) is 12.7 Å². The van der Waals surface area contributed by atoms with Gasteiger partial charge in [0.15, 0.2) is 5.37 Å². The van der Waals surface area contributed by atoms with Crippen molar-refractivity contribution < 1.29 is 32.5 Å². The highest BCUT2D eigenvalue weighted by molar-refractivity contribution is 8.67. The molecule has 2 aromatic rings. The standard InChI is InChI=1S/C16H16F3N2O4PS2/c1-21(14(16(17,18)19)28-26(23,24)27)15(22)20-11-7-9-13(10-8-11)25-12-5-3-2-4-6-12/h2-10,14H,1H3,(H,20,22)(H2,23,24,27). The number of amides is 2. The summed E-state index contributed by atoms with van der Waals surface area (Å²) >= 11 is 3.96. The molecule has 2 aromatic carbocycles. The summed E-state index contributed by atoms with van der Waals surface area (Å²) in [5.74, 6) is 1.08. The molecule has 1 atom stereocenters. The Balaban J connectivity index is 2.05. The summed E-state index contributed by atoms with van der Waals surface area (Å²) in [5, 5.41) is -0.201. The molecule has 2 rings (SSSR count). The van der Waals surface area contributed by atoms with Crippen molar-refractivity contribution in [2.75, 3.05) is 12.4 Å². The molecule has 0 aliphatic carbocycles. The Morgan fingerprint density at radius 1 is 1.14 bits per heavy atom. The molecule has 152 valence electrons. The second-order valence-electron chi connectivity index (χ2n) is 5.47. The maximum atomic E-state index is 13.2. The van der Waals surface area contributed by atoms with Crippen LogP contribution in [0.1, 0.15) is 0 Å². The van der Waals surface area contributed by atoms with E-state index in [-0.39, 0.29) is 17.1 Å². The van der Waals surface area contributed by atoms with Gasteiger partial charge < -0.3 is 24.7 Å². The number of nitrogens with one attached hydrogen (secondary N) is 1. The maximum Gasteiger partial charge on any atom is 0.418 e. The smallest absolute Gasteiger partial charge is 0.418 e. The van der Waals surface area contributed by atoms with Gasteiger partial charge >= 0.3 is 12.2 Å². The number of halogens is 3. The number of hydrogen-bond donors (Lipinski definition) is 3. The minimum absolute atomic E-state index is 0.232. The van der Waals surface area contributed by atoms with Crippen LogP contribution in [0.3, 0.4) is 0 Å². The highest BCUT2D eigenvalue weighted by Crippen LogP contribution is 2.56. The molecule has 0 saturated heterocycles. The molecule has 3 N–H and O–H groups in total. The fourth-order valence-electron chi connectivity index (χ4n) is 2.03. The summed E-state index contributed by atoms with van der Waals surface area (Å²) in [5.41, 5.74) is -4.01. The van der Waals surface area contributed by atoms with E-state index in [1.54, 1.807) is 36.4 Å². The average molecular weight is 452 g/mol. The van der Waals surface area contributed by atoms with E-state index >= 15 is 0 Å². The Hall–Kier alpha value is -1.78. The van der Waals surface area contributed by atoms with Gasteiger partial charge in [-0.05, 0) is 59.6 Å². The van der Waals surface area contributed by atoms with E-state index in [1.165, 1.54) is 12.1 Å². The van der Waals surface area contributed by atoms with Gasteiger partial charge in [-0.1, -0.05) is 18.2 Å². The molecule has 0 fully saturated rings. The van der Waals surface area contributed by atoms with Gasteiger partial charge in [-0.15, -0.1) is 0 Å². The SMILES string of the molecule is CN(C(=O)Nc1ccc(Oc2ccccc2)cc1)C(SP(O)(O)=S)C(F)(F)F. The molecular weight excluding hydrogens is 436 g/mol. The number of ether oxygens (including phenoxy) is 1. The third-order valence-electron chi connectivity index (χ3n) is 3.27. The molecule has 0 spiro atoms. The normalized spacial score (nSPS) is 12.9. The lowest BCUT2D eigenvalue weighted by molar-refractivity contribution is -0.147. The lowest BCUT2D eigenvalue weighted by Crippen LogP contribution is -2.46. The first kappa shape index (κ1) is 22.5. The van der Waals surface area contributed by atoms with Gasteiger partial charge in [-0.3, -0.25) is 0 Å². The van der Waals surface area contributed by atoms with Crippen molar-refractivity contribution in [2.45, 2.75) is 11.6 Å². The molecule has 1 unspecified atom stereocenters. The van der Waals surface area contributed by atoms with E-state index < -0.39 is 23.3 Å². The van der Waals surface area contributed by atoms with Crippen LogP contribution in [0, 0.1) is 0 Å². The first-order valence-electron chi connectivity index (χ1n) is 7.63. The molecule has 0 aromatic heterocycles. The maximum absolute atomic E-state index is 13.2. The molecule has 0 heterocycles. The monoisotopic (exact) mass is 452 g/mol. The van der Waals surface area contributed by atoms with Crippen molar-refractivity contribution >= 4 is 40.6 Å². The van der Waals surface area contributed by atoms with Gasteiger partial charge in [0.1, 0.15) is 11.5 Å². The van der Waals surface area contributed by atoms with Gasteiger partial charge in [0.25, 0.3) is 0 Å². The molecule has 0 aliphatic rings. The predicted octanol–water partition coefficient (Wildman–Crippen LogP) is 4.77. The number of nitrogens with zero attached hydrogens (tertiary/aromatic N) is 1. The fourth-order valence-corrected chi connectivity index (χ4v) is 4.94. The highest BCUT2D eigenvalue weighted by atomic mass is 32.9. The summed E-state index contributed by atoms with van der Waals surface area (Å²) in [6.45, 7) is 0. The number of rotatable bonds is 6. The van der Waals surface area contributed by atoms with Crippen LogP contribution in [-0.4, -0.2) is 39.3 Å². The lowest BCUT2D eigenvalue weighted by atomic mass is 10.3. The van der Waals surface area contributed by atoms with E-state index in [9.17, 15) is 27.8 Å². The molecule has 0 radical (unpaired) electrons. The molecule has 0 saturated carbocycles. The van der Waals surface area contributed by atoms with Gasteiger partial charge in [-0.2, -0.15) is 13.2 Å². The molecule has 2 amide bonds. The van der Waals surface area contributed by atoms with Crippen molar-refractivity contribution in [1.82, 2.24) is 4.90 Å². The molecule has 0 aliphatic heterocycles. The summed E-state index contributed by atoms with van der Waals surface area (Å²) in [7, 11) is 0.887. The van der Waals surface area contributed by atoms with E-state index in [1.807, 2.05) is 6.07 Å². The second kappa shape index (κ2) is 9.15. The van der Waals surface area contributed by atoms with Crippen LogP contribution >= 0.6 is 17.1 Å². The zero-order valence-corrected chi connectivity index (χ0v) is 16.9. The summed E-state index contributed by atoms with van der Waals surface area (Å²) in [4.78, 5) is 30.9. The average Bonchev–Trinajstić information content (AvgIpc) is 2.60. The third kappa shape index (κ3) is 6.99. The van der Waals surface area contributed by atoms with E-state index in [2.05, 4.69) is 17.1 Å². The molecule has 12 heteroatoms. The van der Waals surface area contributed by atoms with Crippen molar-refractivity contribution in [3.8, 4) is 11.5 Å². The Bertz CT molecular complexity index is 847. The van der Waals surface area contributed by atoms with Crippen LogP contribution in [0.15, 0.2) is 54.6 Å². The number of urea groups is 1. The molecular formula is C16H16F3N2O4PS2. The minimum atomic E-state index is -4.90. The fraction of sp³-hybridized carbons (Fsp3) is 0.188. The highest BCUT2D eigenvalue weighted by Gasteiger charge is 2.47. The van der Waals surface area contributed by atoms with E-state index in [4.69, 9.17) is 4.74 Å². The zero-order chi connectivity index (χ0) is 20.9. The number of carbonyl (C=O) groups is 1. The van der Waals surface area contributed by atoms with Crippen molar-refractivity contribution in [3.05, 3.63) is 54.6 Å². The lowest BCUT2D eigenvalue weighted by Gasteiger charge is -2.30. The number of para-hydroxylation sites is 1. The number of benzene rings is 2. The van der Waals surface area contributed by atoms with E-state index in [0.717, 1.165) is 7.05 Å². The van der Waals surface area contributed by atoms with Gasteiger partial charge in [-0.25, -0.2) is 4.79 Å². The molecule has 0 bridgehead atoms. The number of carbonyl (C=O) groups excluding carboxylic acids is 1. The van der Waals surface area contributed by atoms with Crippen molar-refractivity contribution in [1.29, 1.82) is 0 Å². The van der Waals surface area contributed by atoms with Gasteiger partial charge in [0.05, 0.1) is 0 Å². The largest absolute Gasteiger partial charge is 0.457 e. The second-order valence-corrected chi connectivity index (χ2v) is 11.5. The summed E-state index contributed by atoms with van der Waals surface area (Å²) in [6.07, 6.45) is -4.90. The molecule has 6 nitrogen and oxygen atoms in total. The van der Waals surface area contributed by atoms with Crippen molar-refractivity contribution in [2.24, 2.45) is 0 Å². The summed E-state index contributed by atoms with van der Waals surface area (Å²) in [6, 6.07) is 13.9. The van der Waals surface area contributed by atoms with Crippen molar-refractivity contribution in [3.63, 3.8) is 0 Å². The van der Waals surface area contributed by atoms with E-state index in [0.29, 0.717) is 16.4 Å². The van der Waals surface area contributed by atoms with Crippen LogP contribution in [0.4, 0.5) is 23.7 Å². The quantitative estimate of drug-likeness (QED) is 0.433. The number of alkyl halides is 3. The van der Waals surface area contributed by atoms with Gasteiger partial charge in [0.2, 0.25) is 5.69 Å². The summed E-state index contributed by atoms with van der Waals surface area (Å²) < 4.78 is 45.0. The van der Waals surface area contributed by atoms with Crippen LogP contribution in [0.2, 0.25) is 0 Å². The Morgan fingerprint density at radius 2 is 1.68 bits per heavy atom. The van der Waals surface area contributed by atoms with Crippen LogP contribution < -0.4 is 10.1 Å². The Labute approximate surface area is 168 Å². The first-order valence-corrected chi connectivity index (χ1v) is 11.8. The Morgan fingerprint density at radius 3 is 2.18 bits per heavy atom. The number of anilines is 1. The minimum Gasteiger partial charge on any atom is -0.457 e. The topological polar surface area (TPSA) is 82.0 Å². The zero-order valence-electron chi connectivity index (χ0n) is 14.3. The van der Waals surface area contributed by atoms with Crippen LogP contribution in [0.25, 0.3) is 0 Å².